The van der Waals surface area contributed by atoms with E-state index in [9.17, 15) is 14.9 Å². The minimum Gasteiger partial charge on any atom is -0.478 e. The predicted molar refractivity (Wildman–Crippen MR) is 74.5 cm³/mol. The van der Waals surface area contributed by atoms with Gasteiger partial charge in [0, 0.05) is 28.4 Å². The summed E-state index contributed by atoms with van der Waals surface area (Å²) < 4.78 is 5.46. The van der Waals surface area contributed by atoms with Gasteiger partial charge in [-0.15, -0.1) is 11.8 Å². The van der Waals surface area contributed by atoms with E-state index < -0.39 is 10.9 Å². The largest absolute Gasteiger partial charge is 0.478 e. The molecular formula is C13H15NO5S. The van der Waals surface area contributed by atoms with Gasteiger partial charge in [-0.05, 0) is 26.3 Å². The van der Waals surface area contributed by atoms with E-state index in [1.54, 1.807) is 6.92 Å². The number of ether oxygens (including phenoxy) is 1. The molecule has 2 rings (SSSR count). The van der Waals surface area contributed by atoms with E-state index in [-0.39, 0.29) is 22.6 Å². The van der Waals surface area contributed by atoms with E-state index in [2.05, 4.69) is 0 Å². The zero-order valence-electron chi connectivity index (χ0n) is 11.2. The van der Waals surface area contributed by atoms with Crippen LogP contribution in [0, 0.1) is 17.0 Å². The summed E-state index contributed by atoms with van der Waals surface area (Å²) in [6.45, 7) is 4.26. The minimum absolute atomic E-state index is 0.0589. The molecule has 20 heavy (non-hydrogen) atoms. The number of aromatic carboxylic acids is 1. The van der Waals surface area contributed by atoms with Gasteiger partial charge in [-0.2, -0.15) is 0 Å². The first kappa shape index (κ1) is 14.8. The number of benzene rings is 1. The van der Waals surface area contributed by atoms with E-state index in [1.807, 2.05) is 6.92 Å². The van der Waals surface area contributed by atoms with E-state index in [0.717, 1.165) is 12.5 Å². The highest BCUT2D eigenvalue weighted by atomic mass is 32.2. The molecular weight excluding hydrogens is 282 g/mol. The normalized spacial score (nSPS) is 21.9. The Hall–Kier alpha value is -1.60. The number of hydrogen-bond donors (Lipinski definition) is 1. The van der Waals surface area contributed by atoms with Gasteiger partial charge in [0.25, 0.3) is 5.69 Å². The van der Waals surface area contributed by atoms with Crippen LogP contribution in [0.15, 0.2) is 17.0 Å². The van der Waals surface area contributed by atoms with Crippen LogP contribution in [0.1, 0.15) is 29.3 Å². The summed E-state index contributed by atoms with van der Waals surface area (Å²) in [7, 11) is 0. The number of nitro benzene ring substituents is 1. The average molecular weight is 297 g/mol. The molecule has 1 aliphatic rings. The first-order valence-electron chi connectivity index (χ1n) is 6.20. The second-order valence-electron chi connectivity index (χ2n) is 4.70. The molecule has 1 saturated heterocycles. The van der Waals surface area contributed by atoms with Crippen LogP contribution in [0.5, 0.6) is 0 Å². The number of carboxylic acid groups (broad SMARTS) is 1. The number of carboxylic acids is 1. The summed E-state index contributed by atoms with van der Waals surface area (Å²) in [5, 5.41) is 20.3. The van der Waals surface area contributed by atoms with Gasteiger partial charge in [0.05, 0.1) is 16.6 Å². The maximum Gasteiger partial charge on any atom is 0.335 e. The monoisotopic (exact) mass is 297 g/mol. The van der Waals surface area contributed by atoms with E-state index in [0.29, 0.717) is 17.1 Å². The summed E-state index contributed by atoms with van der Waals surface area (Å²) in [5.74, 6) is -1.16. The Bertz CT molecular complexity index is 560. The van der Waals surface area contributed by atoms with E-state index >= 15 is 0 Å². The van der Waals surface area contributed by atoms with Crippen LogP contribution in [0.3, 0.4) is 0 Å². The van der Waals surface area contributed by atoms with Gasteiger partial charge < -0.3 is 9.84 Å². The highest BCUT2D eigenvalue weighted by molar-refractivity contribution is 8.00. The lowest BCUT2D eigenvalue weighted by Gasteiger charge is -2.15. The molecule has 1 N–H and O–H groups in total. The Balaban J connectivity index is 2.40. The quantitative estimate of drug-likeness (QED) is 0.679. The summed E-state index contributed by atoms with van der Waals surface area (Å²) in [6.07, 6.45) is 0.919. The van der Waals surface area contributed by atoms with Crippen molar-refractivity contribution in [2.24, 2.45) is 0 Å². The molecule has 1 aromatic rings. The van der Waals surface area contributed by atoms with Crippen molar-refractivity contribution in [2.45, 2.75) is 36.5 Å². The van der Waals surface area contributed by atoms with Crippen LogP contribution in [0.2, 0.25) is 0 Å². The van der Waals surface area contributed by atoms with Crippen molar-refractivity contribution in [1.29, 1.82) is 0 Å². The van der Waals surface area contributed by atoms with Crippen molar-refractivity contribution in [1.82, 2.24) is 0 Å². The fourth-order valence-corrected chi connectivity index (χ4v) is 3.43. The van der Waals surface area contributed by atoms with Crippen molar-refractivity contribution in [3.8, 4) is 0 Å². The van der Waals surface area contributed by atoms with Crippen molar-refractivity contribution < 1.29 is 19.6 Å². The second kappa shape index (κ2) is 5.80. The van der Waals surface area contributed by atoms with Crippen molar-refractivity contribution in [3.05, 3.63) is 33.4 Å². The summed E-state index contributed by atoms with van der Waals surface area (Å²) >= 11 is 1.46. The van der Waals surface area contributed by atoms with Gasteiger partial charge >= 0.3 is 5.97 Å². The molecule has 108 valence electrons. The molecule has 0 spiro atoms. The van der Waals surface area contributed by atoms with Gasteiger partial charge in [-0.1, -0.05) is 0 Å². The van der Waals surface area contributed by atoms with Crippen LogP contribution in [-0.4, -0.2) is 34.0 Å². The lowest BCUT2D eigenvalue weighted by atomic mass is 10.1. The van der Waals surface area contributed by atoms with Crippen molar-refractivity contribution in [3.63, 3.8) is 0 Å². The topological polar surface area (TPSA) is 89.7 Å². The third kappa shape index (κ3) is 2.94. The Morgan fingerprint density at radius 2 is 2.25 bits per heavy atom. The lowest BCUT2D eigenvalue weighted by molar-refractivity contribution is -0.385. The number of rotatable bonds is 4. The molecule has 0 aliphatic carbocycles. The molecule has 0 radical (unpaired) electrons. The van der Waals surface area contributed by atoms with Gasteiger partial charge in [0.1, 0.15) is 0 Å². The molecule has 7 heteroatoms. The number of nitro groups is 1. The van der Waals surface area contributed by atoms with Gasteiger partial charge in [0.15, 0.2) is 0 Å². The fourth-order valence-electron chi connectivity index (χ4n) is 2.14. The highest BCUT2D eigenvalue weighted by Gasteiger charge is 2.28. The third-order valence-corrected chi connectivity index (χ3v) is 4.96. The molecule has 6 nitrogen and oxygen atoms in total. The van der Waals surface area contributed by atoms with Crippen LogP contribution in [0.4, 0.5) is 5.69 Å². The third-order valence-electron chi connectivity index (χ3n) is 3.36. The molecule has 2 atom stereocenters. The Morgan fingerprint density at radius 1 is 1.55 bits per heavy atom. The van der Waals surface area contributed by atoms with Gasteiger partial charge in [0.2, 0.25) is 0 Å². The number of carbonyl (C=O) groups is 1. The summed E-state index contributed by atoms with van der Waals surface area (Å²) in [5.41, 5.74) is 0.291. The second-order valence-corrected chi connectivity index (χ2v) is 5.98. The van der Waals surface area contributed by atoms with Crippen LogP contribution >= 0.6 is 11.8 Å². The Kier molecular flexibility index (Phi) is 4.29. The van der Waals surface area contributed by atoms with Crippen molar-refractivity contribution >= 4 is 23.4 Å². The standard InChI is InChI=1S/C13H15NO5S/c1-7-10(14(17)18)5-9(13(15)16)6-12(7)20-11-3-4-19-8(11)2/h5-6,8,11H,3-4H2,1-2H3,(H,15,16). The molecule has 1 aliphatic heterocycles. The van der Waals surface area contributed by atoms with Crippen molar-refractivity contribution in [2.75, 3.05) is 6.61 Å². The molecule has 1 aromatic carbocycles. The molecule has 1 heterocycles. The van der Waals surface area contributed by atoms with Gasteiger partial charge in [-0.3, -0.25) is 10.1 Å². The van der Waals surface area contributed by atoms with E-state index in [1.165, 1.54) is 17.8 Å². The SMILES string of the molecule is Cc1c(SC2CCOC2C)cc(C(=O)O)cc1[N+](=O)[O-]. The molecule has 0 bridgehead atoms. The fraction of sp³-hybridized carbons (Fsp3) is 0.462. The molecule has 2 unspecified atom stereocenters. The summed E-state index contributed by atoms with van der Waals surface area (Å²) in [4.78, 5) is 22.2. The van der Waals surface area contributed by atoms with Crippen LogP contribution in [0.25, 0.3) is 0 Å². The first-order chi connectivity index (χ1) is 9.40. The van der Waals surface area contributed by atoms with Crippen LogP contribution < -0.4 is 0 Å². The summed E-state index contributed by atoms with van der Waals surface area (Å²) in [6, 6.07) is 2.61. The molecule has 0 aromatic heterocycles. The van der Waals surface area contributed by atoms with E-state index in [4.69, 9.17) is 9.84 Å². The number of hydrogen-bond acceptors (Lipinski definition) is 5. The number of nitrogens with zero attached hydrogens (tertiary/aromatic N) is 1. The first-order valence-corrected chi connectivity index (χ1v) is 7.08. The highest BCUT2D eigenvalue weighted by Crippen LogP contribution is 2.37. The molecule has 1 fully saturated rings. The van der Waals surface area contributed by atoms with Gasteiger partial charge in [-0.25, -0.2) is 4.79 Å². The Labute approximate surface area is 120 Å². The molecule has 0 saturated carbocycles. The average Bonchev–Trinajstić information content (AvgIpc) is 2.76. The lowest BCUT2D eigenvalue weighted by Crippen LogP contribution is -2.13. The maximum atomic E-state index is 11.1. The number of thioether (sulfide) groups is 1. The smallest absolute Gasteiger partial charge is 0.335 e. The Morgan fingerprint density at radius 3 is 2.75 bits per heavy atom. The zero-order valence-corrected chi connectivity index (χ0v) is 12.0. The zero-order chi connectivity index (χ0) is 14.9. The van der Waals surface area contributed by atoms with Crippen LogP contribution in [-0.2, 0) is 4.74 Å². The minimum atomic E-state index is -1.16. The molecule has 0 amide bonds. The predicted octanol–water partition coefficient (Wildman–Crippen LogP) is 2.87. The maximum absolute atomic E-state index is 11.1.